The van der Waals surface area contributed by atoms with Crippen LogP contribution in [0.5, 0.6) is 0 Å². The predicted molar refractivity (Wildman–Crippen MR) is 75.2 cm³/mol. The molecule has 104 valence electrons. The first-order valence-corrected chi connectivity index (χ1v) is 6.15. The van der Waals surface area contributed by atoms with Crippen LogP contribution in [0.25, 0.3) is 0 Å². The van der Waals surface area contributed by atoms with Gasteiger partial charge in [0.25, 0.3) is 5.91 Å². The van der Waals surface area contributed by atoms with Crippen LogP contribution in [-0.2, 0) is 0 Å². The maximum Gasteiger partial charge on any atom is 0.257 e. The minimum Gasteiger partial charge on any atom is -0.398 e. The van der Waals surface area contributed by atoms with E-state index in [1.165, 1.54) is 18.2 Å². The second-order valence-corrected chi connectivity index (χ2v) is 4.77. The summed E-state index contributed by atoms with van der Waals surface area (Å²) in [6.45, 7) is 0. The summed E-state index contributed by atoms with van der Waals surface area (Å²) >= 11 is 11.4. The maximum absolute atomic E-state index is 13.6. The number of halogens is 4. The first kappa shape index (κ1) is 14.6. The smallest absolute Gasteiger partial charge is 0.257 e. The Morgan fingerprint density at radius 3 is 2.45 bits per heavy atom. The molecule has 0 aliphatic carbocycles. The molecule has 0 bridgehead atoms. The summed E-state index contributed by atoms with van der Waals surface area (Å²) in [6, 6.07) is 5.76. The van der Waals surface area contributed by atoms with Crippen LogP contribution in [0.1, 0.15) is 10.4 Å². The summed E-state index contributed by atoms with van der Waals surface area (Å²) in [7, 11) is 0. The molecule has 0 saturated heterocycles. The van der Waals surface area contributed by atoms with Gasteiger partial charge in [0.1, 0.15) is 5.82 Å². The zero-order chi connectivity index (χ0) is 14.9. The monoisotopic (exact) mass is 316 g/mol. The standard InChI is InChI=1S/C13H8Cl2F2N2O/c14-6-1-2-8(11(18)3-6)13(20)19-12-9(15)4-7(16)5-10(12)17/h1-5H,18H2,(H,19,20). The van der Waals surface area contributed by atoms with Crippen LogP contribution in [0.2, 0.25) is 10.0 Å². The van der Waals surface area contributed by atoms with Crippen molar-refractivity contribution in [2.45, 2.75) is 0 Å². The van der Waals surface area contributed by atoms with E-state index in [-0.39, 0.29) is 22.0 Å². The zero-order valence-electron chi connectivity index (χ0n) is 9.88. The van der Waals surface area contributed by atoms with Crippen molar-refractivity contribution in [1.82, 2.24) is 0 Å². The molecule has 0 radical (unpaired) electrons. The molecule has 0 fully saturated rings. The van der Waals surface area contributed by atoms with Crippen LogP contribution in [-0.4, -0.2) is 5.91 Å². The number of hydrogen-bond acceptors (Lipinski definition) is 2. The summed E-state index contributed by atoms with van der Waals surface area (Å²) < 4.78 is 26.5. The van der Waals surface area contributed by atoms with Gasteiger partial charge in [-0.05, 0) is 24.3 Å². The lowest BCUT2D eigenvalue weighted by Crippen LogP contribution is -2.15. The minimum absolute atomic E-state index is 0.106. The Labute approximate surface area is 123 Å². The van der Waals surface area contributed by atoms with Crippen molar-refractivity contribution in [3.05, 3.63) is 57.6 Å². The SMILES string of the molecule is Nc1cc(Cl)ccc1C(=O)Nc1c(F)cc(F)cc1Cl. The number of nitrogens with two attached hydrogens (primary N) is 1. The first-order chi connectivity index (χ1) is 9.38. The topological polar surface area (TPSA) is 55.1 Å². The first-order valence-electron chi connectivity index (χ1n) is 5.39. The van der Waals surface area contributed by atoms with Gasteiger partial charge in [0.15, 0.2) is 5.82 Å². The largest absolute Gasteiger partial charge is 0.398 e. The fourth-order valence-electron chi connectivity index (χ4n) is 1.58. The molecule has 0 aromatic heterocycles. The zero-order valence-corrected chi connectivity index (χ0v) is 11.4. The fraction of sp³-hybridized carbons (Fsp3) is 0. The summed E-state index contributed by atoms with van der Waals surface area (Å²) in [4.78, 5) is 12.0. The average molecular weight is 317 g/mol. The van der Waals surface area contributed by atoms with Gasteiger partial charge >= 0.3 is 0 Å². The number of nitrogens with one attached hydrogen (secondary N) is 1. The van der Waals surface area contributed by atoms with Crippen LogP contribution < -0.4 is 11.1 Å². The van der Waals surface area contributed by atoms with Crippen LogP contribution in [0.4, 0.5) is 20.2 Å². The molecular weight excluding hydrogens is 309 g/mol. The Morgan fingerprint density at radius 1 is 1.15 bits per heavy atom. The quantitative estimate of drug-likeness (QED) is 0.819. The molecule has 2 aromatic carbocycles. The third-order valence-electron chi connectivity index (χ3n) is 2.50. The molecule has 0 saturated carbocycles. The van der Waals surface area contributed by atoms with E-state index in [1.807, 2.05) is 0 Å². The molecule has 7 heteroatoms. The molecule has 0 heterocycles. The van der Waals surface area contributed by atoms with Crippen molar-refractivity contribution >= 4 is 40.5 Å². The van der Waals surface area contributed by atoms with E-state index < -0.39 is 17.5 Å². The molecular formula is C13H8Cl2F2N2O. The second-order valence-electron chi connectivity index (χ2n) is 3.93. The number of carbonyl (C=O) groups excluding carboxylic acids is 1. The molecule has 0 aliphatic rings. The summed E-state index contributed by atoms with van der Waals surface area (Å²) in [5.74, 6) is -2.49. The van der Waals surface area contributed by atoms with Gasteiger partial charge in [-0.25, -0.2) is 8.78 Å². The van der Waals surface area contributed by atoms with Crippen LogP contribution in [0.3, 0.4) is 0 Å². The number of benzene rings is 2. The van der Waals surface area contributed by atoms with E-state index in [1.54, 1.807) is 0 Å². The van der Waals surface area contributed by atoms with E-state index in [0.717, 1.165) is 6.07 Å². The number of hydrogen-bond donors (Lipinski definition) is 2. The lowest BCUT2D eigenvalue weighted by Gasteiger charge is -2.10. The summed E-state index contributed by atoms with van der Waals surface area (Å²) in [5.41, 5.74) is 5.57. The molecule has 2 rings (SSSR count). The summed E-state index contributed by atoms with van der Waals surface area (Å²) in [6.07, 6.45) is 0. The van der Waals surface area contributed by atoms with E-state index >= 15 is 0 Å². The van der Waals surface area contributed by atoms with E-state index in [9.17, 15) is 13.6 Å². The Hall–Kier alpha value is -1.85. The molecule has 1 amide bonds. The van der Waals surface area contributed by atoms with Crippen molar-refractivity contribution in [2.24, 2.45) is 0 Å². The Bertz CT molecular complexity index is 669. The lowest BCUT2D eigenvalue weighted by atomic mass is 10.1. The van der Waals surface area contributed by atoms with Gasteiger partial charge in [0, 0.05) is 16.8 Å². The normalized spacial score (nSPS) is 10.4. The second kappa shape index (κ2) is 5.64. The molecule has 0 unspecified atom stereocenters. The highest BCUT2D eigenvalue weighted by Crippen LogP contribution is 2.27. The van der Waals surface area contributed by atoms with E-state index in [2.05, 4.69) is 5.32 Å². The van der Waals surface area contributed by atoms with Gasteiger partial charge in [0.2, 0.25) is 0 Å². The van der Waals surface area contributed by atoms with Crippen molar-refractivity contribution in [2.75, 3.05) is 11.1 Å². The third kappa shape index (κ3) is 3.00. The predicted octanol–water partition coefficient (Wildman–Crippen LogP) is 4.11. The third-order valence-corrected chi connectivity index (χ3v) is 3.04. The highest BCUT2D eigenvalue weighted by molar-refractivity contribution is 6.34. The van der Waals surface area contributed by atoms with Gasteiger partial charge in [-0.3, -0.25) is 4.79 Å². The van der Waals surface area contributed by atoms with Crippen molar-refractivity contribution < 1.29 is 13.6 Å². The lowest BCUT2D eigenvalue weighted by molar-refractivity contribution is 0.102. The molecule has 0 atom stereocenters. The van der Waals surface area contributed by atoms with Gasteiger partial charge < -0.3 is 11.1 Å². The van der Waals surface area contributed by atoms with Crippen molar-refractivity contribution in [3.8, 4) is 0 Å². The molecule has 3 nitrogen and oxygen atoms in total. The molecule has 20 heavy (non-hydrogen) atoms. The van der Waals surface area contributed by atoms with E-state index in [4.69, 9.17) is 28.9 Å². The highest BCUT2D eigenvalue weighted by Gasteiger charge is 2.16. The Balaban J connectivity index is 2.33. The Kier molecular flexibility index (Phi) is 4.11. The van der Waals surface area contributed by atoms with Crippen molar-refractivity contribution in [3.63, 3.8) is 0 Å². The molecule has 2 aromatic rings. The number of carbonyl (C=O) groups is 1. The minimum atomic E-state index is -0.976. The van der Waals surface area contributed by atoms with E-state index in [0.29, 0.717) is 11.1 Å². The van der Waals surface area contributed by atoms with Crippen molar-refractivity contribution in [1.29, 1.82) is 0 Å². The summed E-state index contributed by atoms with van der Waals surface area (Å²) in [5, 5.41) is 2.37. The van der Waals surface area contributed by atoms with Crippen LogP contribution in [0.15, 0.2) is 30.3 Å². The number of amides is 1. The average Bonchev–Trinajstić information content (AvgIpc) is 2.33. The van der Waals surface area contributed by atoms with Gasteiger partial charge in [-0.15, -0.1) is 0 Å². The number of rotatable bonds is 2. The maximum atomic E-state index is 13.6. The number of anilines is 2. The van der Waals surface area contributed by atoms with Gasteiger partial charge in [-0.1, -0.05) is 23.2 Å². The number of nitrogen functional groups attached to an aromatic ring is 1. The highest BCUT2D eigenvalue weighted by atomic mass is 35.5. The van der Waals surface area contributed by atoms with Gasteiger partial charge in [-0.2, -0.15) is 0 Å². The Morgan fingerprint density at radius 2 is 1.85 bits per heavy atom. The van der Waals surface area contributed by atoms with Crippen LogP contribution >= 0.6 is 23.2 Å². The fourth-order valence-corrected chi connectivity index (χ4v) is 2.01. The van der Waals surface area contributed by atoms with Gasteiger partial charge in [0.05, 0.1) is 16.3 Å². The molecule has 0 spiro atoms. The molecule has 0 aliphatic heterocycles. The molecule has 3 N–H and O–H groups in total. The van der Waals surface area contributed by atoms with Crippen LogP contribution in [0, 0.1) is 11.6 Å².